The lowest BCUT2D eigenvalue weighted by molar-refractivity contribution is 1.10. The van der Waals surface area contributed by atoms with Crippen molar-refractivity contribution in [3.05, 3.63) is 23.0 Å². The molecular formula is C7H5ClN4S. The smallest absolute Gasteiger partial charge is 0.161 e. The van der Waals surface area contributed by atoms with Crippen molar-refractivity contribution in [2.45, 2.75) is 0 Å². The fourth-order valence-electron chi connectivity index (χ4n) is 1.11. The first kappa shape index (κ1) is 8.52. The van der Waals surface area contributed by atoms with Crippen LogP contribution in [0.1, 0.15) is 5.56 Å². The Labute approximate surface area is 84.2 Å². The van der Waals surface area contributed by atoms with Gasteiger partial charge in [0.25, 0.3) is 0 Å². The topological polar surface area (TPSA) is 65.4 Å². The number of fused-ring (bicyclic) bond motifs is 1. The Bertz CT molecular complexity index is 478. The molecule has 2 heterocycles. The summed E-state index contributed by atoms with van der Waals surface area (Å²) in [6.45, 7) is 0. The monoisotopic (exact) mass is 212 g/mol. The van der Waals surface area contributed by atoms with E-state index in [2.05, 4.69) is 27.8 Å². The Hall–Kier alpha value is -1.07. The molecule has 0 radical (unpaired) electrons. The van der Waals surface area contributed by atoms with Gasteiger partial charge in [-0.25, -0.2) is 4.98 Å². The van der Waals surface area contributed by atoms with Crippen molar-refractivity contribution in [1.29, 1.82) is 5.41 Å². The maximum Gasteiger partial charge on any atom is 0.161 e. The summed E-state index contributed by atoms with van der Waals surface area (Å²) in [5.41, 5.74) is 1.20. The van der Waals surface area contributed by atoms with Gasteiger partial charge in [-0.2, -0.15) is 5.10 Å². The van der Waals surface area contributed by atoms with Crippen LogP contribution < -0.4 is 0 Å². The molecule has 2 aromatic heterocycles. The van der Waals surface area contributed by atoms with Gasteiger partial charge in [-0.3, -0.25) is 10.5 Å². The Morgan fingerprint density at radius 3 is 3.08 bits per heavy atom. The number of halogens is 1. The zero-order chi connectivity index (χ0) is 9.42. The van der Waals surface area contributed by atoms with Gasteiger partial charge in [-0.1, -0.05) is 11.6 Å². The average molecular weight is 213 g/mol. The molecule has 0 saturated carbocycles. The van der Waals surface area contributed by atoms with Crippen LogP contribution in [-0.4, -0.2) is 20.2 Å². The number of nitrogens with one attached hydrogen (secondary N) is 2. The molecule has 0 unspecified atom stereocenters. The Morgan fingerprint density at radius 1 is 1.62 bits per heavy atom. The third-order valence-corrected chi connectivity index (χ3v) is 2.19. The van der Waals surface area contributed by atoms with Crippen molar-refractivity contribution in [2.75, 3.05) is 0 Å². The summed E-state index contributed by atoms with van der Waals surface area (Å²) in [6.07, 6.45) is 1.58. The van der Waals surface area contributed by atoms with Gasteiger partial charge in [0, 0.05) is 11.8 Å². The van der Waals surface area contributed by atoms with Crippen LogP contribution in [0.3, 0.4) is 0 Å². The quantitative estimate of drug-likeness (QED) is 0.384. The molecule has 6 heteroatoms. The van der Waals surface area contributed by atoms with E-state index in [1.165, 1.54) is 0 Å². The summed E-state index contributed by atoms with van der Waals surface area (Å²) in [5, 5.41) is 14.9. The van der Waals surface area contributed by atoms with E-state index in [-0.39, 0.29) is 5.04 Å². The Kier molecular flexibility index (Phi) is 1.97. The SMILES string of the molecule is N=C(S)c1ccnc2[nH]nc(Cl)c12. The van der Waals surface area contributed by atoms with Crippen LogP contribution in [0.5, 0.6) is 0 Å². The van der Waals surface area contributed by atoms with E-state index in [0.29, 0.717) is 21.7 Å². The molecule has 0 amide bonds. The van der Waals surface area contributed by atoms with Crippen LogP contribution in [0, 0.1) is 5.41 Å². The van der Waals surface area contributed by atoms with Crippen molar-refractivity contribution in [3.8, 4) is 0 Å². The number of aromatic nitrogens is 3. The van der Waals surface area contributed by atoms with Crippen molar-refractivity contribution >= 4 is 40.3 Å². The lowest BCUT2D eigenvalue weighted by atomic mass is 10.2. The van der Waals surface area contributed by atoms with E-state index in [1.54, 1.807) is 12.3 Å². The molecule has 0 aromatic carbocycles. The number of H-pyrrole nitrogens is 1. The number of hydrogen-bond acceptors (Lipinski definition) is 3. The third kappa shape index (κ3) is 1.30. The van der Waals surface area contributed by atoms with Gasteiger partial charge in [0.1, 0.15) is 0 Å². The summed E-state index contributed by atoms with van der Waals surface area (Å²) in [4.78, 5) is 4.01. The molecule has 13 heavy (non-hydrogen) atoms. The predicted octanol–water partition coefficient (Wildman–Crippen LogP) is 1.87. The molecular weight excluding hydrogens is 208 g/mol. The Balaban J connectivity index is 2.88. The minimum Gasteiger partial charge on any atom is -0.294 e. The molecule has 2 N–H and O–H groups in total. The maximum atomic E-state index is 7.39. The fourth-order valence-corrected chi connectivity index (χ4v) is 1.53. The normalized spacial score (nSPS) is 10.6. The van der Waals surface area contributed by atoms with Gasteiger partial charge in [0.2, 0.25) is 0 Å². The van der Waals surface area contributed by atoms with Gasteiger partial charge in [0.15, 0.2) is 10.8 Å². The van der Waals surface area contributed by atoms with Crippen LogP contribution >= 0.6 is 24.2 Å². The van der Waals surface area contributed by atoms with E-state index in [4.69, 9.17) is 17.0 Å². The van der Waals surface area contributed by atoms with Gasteiger partial charge >= 0.3 is 0 Å². The number of hydrogen-bond donors (Lipinski definition) is 3. The number of pyridine rings is 1. The molecule has 0 fully saturated rings. The van der Waals surface area contributed by atoms with Crippen molar-refractivity contribution in [1.82, 2.24) is 15.2 Å². The first-order valence-corrected chi connectivity index (χ1v) is 4.29. The van der Waals surface area contributed by atoms with Crippen LogP contribution in [0.15, 0.2) is 12.3 Å². The van der Waals surface area contributed by atoms with E-state index in [9.17, 15) is 0 Å². The summed E-state index contributed by atoms with van der Waals surface area (Å²) in [5.74, 6) is 0. The summed E-state index contributed by atoms with van der Waals surface area (Å²) >= 11 is 9.75. The second-order valence-electron chi connectivity index (χ2n) is 2.45. The lowest BCUT2D eigenvalue weighted by Gasteiger charge is -1.97. The highest BCUT2D eigenvalue weighted by molar-refractivity contribution is 7.97. The molecule has 4 nitrogen and oxygen atoms in total. The molecule has 2 rings (SSSR count). The van der Waals surface area contributed by atoms with Crippen molar-refractivity contribution in [3.63, 3.8) is 0 Å². The molecule has 0 aliphatic rings. The van der Waals surface area contributed by atoms with Crippen LogP contribution in [0.4, 0.5) is 0 Å². The molecule has 0 bridgehead atoms. The number of thiol groups is 1. The average Bonchev–Trinajstić information content (AvgIpc) is 2.48. The summed E-state index contributed by atoms with van der Waals surface area (Å²) in [7, 11) is 0. The number of aromatic amines is 1. The minimum atomic E-state index is 0.149. The zero-order valence-electron chi connectivity index (χ0n) is 6.37. The van der Waals surface area contributed by atoms with Gasteiger partial charge in [-0.05, 0) is 6.07 Å². The van der Waals surface area contributed by atoms with Crippen molar-refractivity contribution in [2.24, 2.45) is 0 Å². The molecule has 0 aliphatic heterocycles. The van der Waals surface area contributed by atoms with Crippen LogP contribution in [-0.2, 0) is 0 Å². The maximum absolute atomic E-state index is 7.39. The van der Waals surface area contributed by atoms with E-state index in [0.717, 1.165) is 0 Å². The van der Waals surface area contributed by atoms with Gasteiger partial charge in [-0.15, -0.1) is 12.6 Å². The fraction of sp³-hybridized carbons (Fsp3) is 0. The summed E-state index contributed by atoms with van der Waals surface area (Å²) in [6, 6.07) is 1.68. The second-order valence-corrected chi connectivity index (χ2v) is 3.25. The van der Waals surface area contributed by atoms with Gasteiger partial charge < -0.3 is 0 Å². The lowest BCUT2D eigenvalue weighted by Crippen LogP contribution is -1.90. The molecule has 0 saturated heterocycles. The van der Waals surface area contributed by atoms with Crippen molar-refractivity contribution < 1.29 is 0 Å². The molecule has 0 atom stereocenters. The third-order valence-electron chi connectivity index (χ3n) is 1.67. The standard InChI is InChI=1S/C7H5ClN4S/c8-5-4-3(6(9)13)1-2-10-7(4)12-11-5/h1-2H,(H2,9,13)(H,10,11,12). The molecule has 0 spiro atoms. The predicted molar refractivity (Wildman–Crippen MR) is 54.7 cm³/mol. The Morgan fingerprint density at radius 2 is 2.38 bits per heavy atom. The highest BCUT2D eigenvalue weighted by atomic mass is 35.5. The first-order valence-electron chi connectivity index (χ1n) is 3.46. The molecule has 2 aromatic rings. The van der Waals surface area contributed by atoms with E-state index in [1.807, 2.05) is 0 Å². The highest BCUT2D eigenvalue weighted by Gasteiger charge is 2.10. The zero-order valence-corrected chi connectivity index (χ0v) is 8.02. The second kappa shape index (κ2) is 3.01. The van der Waals surface area contributed by atoms with E-state index >= 15 is 0 Å². The van der Waals surface area contributed by atoms with Gasteiger partial charge in [0.05, 0.1) is 10.4 Å². The minimum absolute atomic E-state index is 0.149. The summed E-state index contributed by atoms with van der Waals surface area (Å²) < 4.78 is 0. The number of rotatable bonds is 1. The highest BCUT2D eigenvalue weighted by Crippen LogP contribution is 2.23. The first-order chi connectivity index (χ1) is 6.20. The molecule has 0 aliphatic carbocycles. The van der Waals surface area contributed by atoms with Crippen LogP contribution in [0.2, 0.25) is 5.15 Å². The largest absolute Gasteiger partial charge is 0.294 e. The van der Waals surface area contributed by atoms with Crippen LogP contribution in [0.25, 0.3) is 11.0 Å². The molecule has 66 valence electrons. The number of nitrogens with zero attached hydrogens (tertiary/aromatic N) is 2. The van der Waals surface area contributed by atoms with E-state index < -0.39 is 0 Å².